The minimum Gasteiger partial charge on any atom is -0.288 e. The molecule has 0 bridgehead atoms. The van der Waals surface area contributed by atoms with Crippen LogP contribution < -0.4 is 0 Å². The number of carbonyl (C=O) groups is 1. The molecule has 4 aromatic rings. The summed E-state index contributed by atoms with van der Waals surface area (Å²) in [4.78, 5) is 15.0. The van der Waals surface area contributed by atoms with Crippen LogP contribution in [0.3, 0.4) is 0 Å². The van der Waals surface area contributed by atoms with E-state index in [0.29, 0.717) is 0 Å². The Bertz CT molecular complexity index is 986. The van der Waals surface area contributed by atoms with Crippen LogP contribution in [0.1, 0.15) is 15.2 Å². The first kappa shape index (κ1) is 15.6. The quantitative estimate of drug-likeness (QED) is 0.398. The summed E-state index contributed by atoms with van der Waals surface area (Å²) < 4.78 is 0. The molecule has 2 heteroatoms. The third-order valence-corrected chi connectivity index (χ3v) is 5.30. The summed E-state index contributed by atoms with van der Waals surface area (Å²) in [7, 11) is 0. The van der Waals surface area contributed by atoms with Crippen molar-refractivity contribution in [2.75, 3.05) is 0 Å². The highest BCUT2D eigenvalue weighted by Gasteiger charge is 2.19. The molecule has 0 saturated carbocycles. The van der Waals surface area contributed by atoms with Crippen molar-refractivity contribution in [3.63, 3.8) is 0 Å². The Balaban J connectivity index is 1.87. The van der Waals surface area contributed by atoms with Crippen LogP contribution in [0.5, 0.6) is 0 Å². The van der Waals surface area contributed by atoms with E-state index in [9.17, 15) is 4.79 Å². The third kappa shape index (κ3) is 3.17. The van der Waals surface area contributed by atoms with Crippen molar-refractivity contribution in [1.29, 1.82) is 0 Å². The van der Waals surface area contributed by atoms with Crippen molar-refractivity contribution in [3.05, 3.63) is 108 Å². The van der Waals surface area contributed by atoms with Crippen LogP contribution in [0.15, 0.2) is 97.1 Å². The summed E-state index contributed by atoms with van der Waals surface area (Å²) in [6.07, 6.45) is 0. The van der Waals surface area contributed by atoms with Crippen LogP contribution >= 0.6 is 11.3 Å². The minimum absolute atomic E-state index is 0.0756. The molecule has 0 radical (unpaired) electrons. The highest BCUT2D eigenvalue weighted by molar-refractivity contribution is 7.18. The molecule has 0 amide bonds. The normalized spacial score (nSPS) is 10.6. The van der Waals surface area contributed by atoms with Crippen molar-refractivity contribution in [2.24, 2.45) is 0 Å². The van der Waals surface area contributed by atoms with Gasteiger partial charge in [0.25, 0.3) is 0 Å². The largest absolute Gasteiger partial charge is 0.288 e. The van der Waals surface area contributed by atoms with Gasteiger partial charge in [0.15, 0.2) is 0 Å². The molecule has 1 heterocycles. The van der Waals surface area contributed by atoms with Gasteiger partial charge >= 0.3 is 0 Å². The van der Waals surface area contributed by atoms with E-state index in [1.807, 2.05) is 66.7 Å². The fraction of sp³-hybridized carbons (Fsp3) is 0. The number of thiophene rings is 1. The topological polar surface area (TPSA) is 17.1 Å². The maximum atomic E-state index is 13.1. The third-order valence-electron chi connectivity index (χ3n) is 4.12. The number of hydrogen-bond acceptors (Lipinski definition) is 2. The predicted octanol–water partition coefficient (Wildman–Crippen LogP) is 6.31. The number of benzene rings is 3. The monoisotopic (exact) mass is 340 g/mol. The predicted molar refractivity (Wildman–Crippen MR) is 105 cm³/mol. The van der Waals surface area contributed by atoms with Crippen molar-refractivity contribution in [3.8, 4) is 21.6 Å². The van der Waals surface area contributed by atoms with E-state index in [4.69, 9.17) is 0 Å². The molecule has 0 saturated heterocycles. The Morgan fingerprint density at radius 2 is 1.16 bits per heavy atom. The number of hydrogen-bond donors (Lipinski definition) is 0. The van der Waals surface area contributed by atoms with Crippen molar-refractivity contribution in [1.82, 2.24) is 0 Å². The molecule has 25 heavy (non-hydrogen) atoms. The lowest BCUT2D eigenvalue weighted by molar-refractivity contribution is 0.104. The second-order valence-electron chi connectivity index (χ2n) is 5.78. The lowest BCUT2D eigenvalue weighted by Crippen LogP contribution is -1.99. The van der Waals surface area contributed by atoms with Crippen LogP contribution in [-0.2, 0) is 0 Å². The van der Waals surface area contributed by atoms with Gasteiger partial charge < -0.3 is 0 Å². The molecule has 1 aromatic heterocycles. The smallest absolute Gasteiger partial charge is 0.203 e. The zero-order valence-electron chi connectivity index (χ0n) is 13.6. The van der Waals surface area contributed by atoms with Gasteiger partial charge in [0.05, 0.1) is 4.88 Å². The van der Waals surface area contributed by atoms with Crippen LogP contribution in [0.4, 0.5) is 0 Å². The summed E-state index contributed by atoms with van der Waals surface area (Å²) >= 11 is 1.56. The first-order valence-electron chi connectivity index (χ1n) is 8.17. The maximum Gasteiger partial charge on any atom is 0.203 e. The average Bonchev–Trinajstić information content (AvgIpc) is 3.15. The van der Waals surface area contributed by atoms with E-state index >= 15 is 0 Å². The second kappa shape index (κ2) is 6.88. The number of rotatable bonds is 4. The lowest BCUT2D eigenvalue weighted by atomic mass is 10.0. The molecule has 3 aromatic carbocycles. The van der Waals surface area contributed by atoms with Gasteiger partial charge in [-0.2, -0.15) is 0 Å². The molecular weight excluding hydrogens is 324 g/mol. The zero-order valence-corrected chi connectivity index (χ0v) is 14.4. The van der Waals surface area contributed by atoms with E-state index in [-0.39, 0.29) is 5.78 Å². The molecule has 0 fully saturated rings. The molecule has 0 spiro atoms. The molecule has 0 aliphatic heterocycles. The van der Waals surface area contributed by atoms with Crippen LogP contribution in [0, 0.1) is 0 Å². The second-order valence-corrected chi connectivity index (χ2v) is 6.83. The standard InChI is InChI=1S/C23H16OS/c24-22(19-14-8-3-9-15-19)23-20(17-10-4-1-5-11-17)16-21(25-23)18-12-6-2-7-13-18/h1-16H. The average molecular weight is 340 g/mol. The van der Waals surface area contributed by atoms with Crippen molar-refractivity contribution >= 4 is 17.1 Å². The Morgan fingerprint density at radius 3 is 1.76 bits per heavy atom. The van der Waals surface area contributed by atoms with E-state index in [0.717, 1.165) is 32.0 Å². The molecule has 0 aliphatic rings. The molecule has 0 aliphatic carbocycles. The first-order chi connectivity index (χ1) is 12.3. The summed E-state index contributed by atoms with van der Waals surface area (Å²) in [6, 6.07) is 31.9. The van der Waals surface area contributed by atoms with Gasteiger partial charge in [0.2, 0.25) is 5.78 Å². The number of carbonyl (C=O) groups excluding carboxylic acids is 1. The van der Waals surface area contributed by atoms with Crippen LogP contribution in [0.25, 0.3) is 21.6 Å². The van der Waals surface area contributed by atoms with Gasteiger partial charge in [-0.25, -0.2) is 0 Å². The molecule has 0 N–H and O–H groups in total. The maximum absolute atomic E-state index is 13.1. The minimum atomic E-state index is 0.0756. The van der Waals surface area contributed by atoms with Gasteiger partial charge in [-0.1, -0.05) is 91.0 Å². The van der Waals surface area contributed by atoms with Crippen molar-refractivity contribution in [2.45, 2.75) is 0 Å². The Hall–Kier alpha value is -2.97. The summed E-state index contributed by atoms with van der Waals surface area (Å²) in [5.41, 5.74) is 3.93. The zero-order chi connectivity index (χ0) is 17.1. The summed E-state index contributed by atoms with van der Waals surface area (Å²) in [5.74, 6) is 0.0756. The van der Waals surface area contributed by atoms with Gasteiger partial charge in [-0.3, -0.25) is 4.79 Å². The fourth-order valence-electron chi connectivity index (χ4n) is 2.86. The summed E-state index contributed by atoms with van der Waals surface area (Å²) in [6.45, 7) is 0. The fourth-order valence-corrected chi connectivity index (χ4v) is 4.01. The Labute approximate surface area is 151 Å². The SMILES string of the molecule is O=C(c1ccccc1)c1sc(-c2ccccc2)cc1-c1ccccc1. The van der Waals surface area contributed by atoms with Crippen LogP contribution in [-0.4, -0.2) is 5.78 Å². The molecule has 1 nitrogen and oxygen atoms in total. The van der Waals surface area contributed by atoms with E-state index in [1.54, 1.807) is 11.3 Å². The van der Waals surface area contributed by atoms with E-state index < -0.39 is 0 Å². The van der Waals surface area contributed by atoms with Crippen LogP contribution in [0.2, 0.25) is 0 Å². The van der Waals surface area contributed by atoms with Crippen molar-refractivity contribution < 1.29 is 4.79 Å². The Morgan fingerprint density at radius 1 is 0.640 bits per heavy atom. The van der Waals surface area contributed by atoms with E-state index in [2.05, 4.69) is 30.3 Å². The molecule has 120 valence electrons. The number of ketones is 1. The van der Waals surface area contributed by atoms with Gasteiger partial charge in [0, 0.05) is 16.0 Å². The van der Waals surface area contributed by atoms with Gasteiger partial charge in [-0.15, -0.1) is 11.3 Å². The van der Waals surface area contributed by atoms with E-state index in [1.165, 1.54) is 0 Å². The molecule has 4 rings (SSSR count). The van der Waals surface area contributed by atoms with Gasteiger partial charge in [-0.05, 0) is 17.2 Å². The highest BCUT2D eigenvalue weighted by atomic mass is 32.1. The highest BCUT2D eigenvalue weighted by Crippen LogP contribution is 2.38. The molecular formula is C23H16OS. The lowest BCUT2D eigenvalue weighted by Gasteiger charge is -2.03. The van der Waals surface area contributed by atoms with Gasteiger partial charge in [0.1, 0.15) is 0 Å². The summed E-state index contributed by atoms with van der Waals surface area (Å²) in [5, 5.41) is 0. The molecule has 0 atom stereocenters. The molecule has 0 unspecified atom stereocenters. The first-order valence-corrected chi connectivity index (χ1v) is 8.99. The Kier molecular flexibility index (Phi) is 4.28.